The van der Waals surface area contributed by atoms with Crippen LogP contribution in [0, 0.1) is 5.41 Å². The van der Waals surface area contributed by atoms with Gasteiger partial charge in [-0.05, 0) is 30.7 Å². The van der Waals surface area contributed by atoms with Crippen LogP contribution in [0.2, 0.25) is 0 Å². The van der Waals surface area contributed by atoms with E-state index in [0.717, 1.165) is 18.3 Å². The highest BCUT2D eigenvalue weighted by Crippen LogP contribution is 2.30. The van der Waals surface area contributed by atoms with Crippen molar-refractivity contribution in [2.45, 2.75) is 6.18 Å². The number of pyridine rings is 1. The molecule has 0 saturated heterocycles. The van der Waals surface area contributed by atoms with Crippen molar-refractivity contribution in [2.24, 2.45) is 11.5 Å². The molecule has 0 aliphatic heterocycles. The standard InChI is InChI=1S/C18H18BF3N6O2/c19-8-27-15(24)13(16(25)29)14(23)9-1-3-10(4-2-9)17(30)28-12-7-11(5-6-26-12)18(20,21)22/h1-7,23,27H,8,19,24H2,(H2,25,29)(H,26,28,30)/b15-13+,23-14?. The Bertz CT molecular complexity index is 1010. The van der Waals surface area contributed by atoms with Gasteiger partial charge < -0.3 is 22.1 Å². The molecule has 2 aromatic rings. The molecule has 7 N–H and O–H groups in total. The molecule has 0 aliphatic carbocycles. The van der Waals surface area contributed by atoms with Crippen molar-refractivity contribution in [1.29, 1.82) is 5.41 Å². The number of hydrogen-bond donors (Lipinski definition) is 5. The lowest BCUT2D eigenvalue weighted by molar-refractivity contribution is -0.137. The summed E-state index contributed by atoms with van der Waals surface area (Å²) in [6.45, 7) is 0. The Morgan fingerprint density at radius 2 is 1.70 bits per heavy atom. The van der Waals surface area contributed by atoms with Gasteiger partial charge >= 0.3 is 6.18 Å². The quantitative estimate of drug-likeness (QED) is 0.253. The van der Waals surface area contributed by atoms with Crippen LogP contribution < -0.4 is 22.1 Å². The summed E-state index contributed by atoms with van der Waals surface area (Å²) in [4.78, 5) is 27.7. The van der Waals surface area contributed by atoms with Crippen molar-refractivity contribution in [1.82, 2.24) is 10.3 Å². The van der Waals surface area contributed by atoms with Gasteiger partial charge in [-0.25, -0.2) is 4.98 Å². The smallest absolute Gasteiger partial charge is 0.385 e. The van der Waals surface area contributed by atoms with Gasteiger partial charge in [0.05, 0.1) is 11.3 Å². The van der Waals surface area contributed by atoms with Gasteiger partial charge in [0.1, 0.15) is 25.1 Å². The number of alkyl halides is 3. The molecule has 0 bridgehead atoms. The summed E-state index contributed by atoms with van der Waals surface area (Å²) in [6, 6.07) is 6.97. The predicted molar refractivity (Wildman–Crippen MR) is 107 cm³/mol. The minimum atomic E-state index is -4.56. The van der Waals surface area contributed by atoms with Crippen molar-refractivity contribution in [3.05, 3.63) is 70.7 Å². The van der Waals surface area contributed by atoms with E-state index in [4.69, 9.17) is 16.9 Å². The molecule has 30 heavy (non-hydrogen) atoms. The lowest BCUT2D eigenvalue weighted by atomic mass is 10.00. The molecule has 0 saturated carbocycles. The molecule has 0 aliphatic rings. The molecule has 0 fully saturated rings. The first kappa shape index (κ1) is 22.5. The number of nitrogens with two attached hydrogens (primary N) is 2. The van der Waals surface area contributed by atoms with Crippen molar-refractivity contribution >= 4 is 31.2 Å². The molecule has 8 nitrogen and oxygen atoms in total. The van der Waals surface area contributed by atoms with E-state index in [1.807, 2.05) is 0 Å². The molecule has 2 amide bonds. The third-order valence-electron chi connectivity index (χ3n) is 3.90. The van der Waals surface area contributed by atoms with Crippen LogP contribution in [0.1, 0.15) is 21.5 Å². The Balaban J connectivity index is 2.21. The average molecular weight is 418 g/mol. The lowest BCUT2D eigenvalue weighted by Crippen LogP contribution is -2.32. The Morgan fingerprint density at radius 1 is 1.10 bits per heavy atom. The van der Waals surface area contributed by atoms with Crippen LogP contribution in [0.5, 0.6) is 0 Å². The van der Waals surface area contributed by atoms with Crippen LogP contribution in [0.4, 0.5) is 19.0 Å². The van der Waals surface area contributed by atoms with Gasteiger partial charge in [-0.2, -0.15) is 13.2 Å². The van der Waals surface area contributed by atoms with Crippen molar-refractivity contribution in [3.63, 3.8) is 0 Å². The molecule has 12 heteroatoms. The number of halogens is 3. The van der Waals surface area contributed by atoms with E-state index < -0.39 is 23.6 Å². The van der Waals surface area contributed by atoms with Gasteiger partial charge in [0.25, 0.3) is 11.8 Å². The Morgan fingerprint density at radius 3 is 2.23 bits per heavy atom. The van der Waals surface area contributed by atoms with Crippen LogP contribution >= 0.6 is 0 Å². The molecule has 1 heterocycles. The topological polar surface area (TPSA) is 147 Å². The number of nitrogens with one attached hydrogen (secondary N) is 3. The average Bonchev–Trinajstić information content (AvgIpc) is 2.67. The number of aromatic nitrogens is 1. The molecule has 0 atom stereocenters. The molecule has 1 aromatic heterocycles. The zero-order chi connectivity index (χ0) is 22.5. The number of benzene rings is 1. The number of rotatable bonds is 7. The number of anilines is 1. The molecule has 2 rings (SSSR count). The van der Waals surface area contributed by atoms with Gasteiger partial charge in [-0.3, -0.25) is 15.0 Å². The molecular weight excluding hydrogens is 400 g/mol. The SMILES string of the molecule is BCN/C(N)=C(\C(=N)c1ccc(C(=O)Nc2cc(C(F)(F)F)ccn2)cc1)C(N)=O. The first-order chi connectivity index (χ1) is 14.0. The summed E-state index contributed by atoms with van der Waals surface area (Å²) in [7, 11) is 1.75. The van der Waals surface area contributed by atoms with Crippen LogP contribution in [0.25, 0.3) is 0 Å². The Kier molecular flexibility index (Phi) is 6.83. The largest absolute Gasteiger partial charge is 0.416 e. The van der Waals surface area contributed by atoms with Crippen LogP contribution in [-0.4, -0.2) is 36.8 Å². The second-order valence-corrected chi connectivity index (χ2v) is 6.02. The number of nitrogens with zero attached hydrogens (tertiary/aromatic N) is 1. The fraction of sp³-hybridized carbons (Fsp3) is 0.111. The summed E-state index contributed by atoms with van der Waals surface area (Å²) < 4.78 is 38.3. The van der Waals surface area contributed by atoms with E-state index >= 15 is 0 Å². The third-order valence-corrected chi connectivity index (χ3v) is 3.90. The molecule has 0 spiro atoms. The molecule has 1 aromatic carbocycles. The summed E-state index contributed by atoms with van der Waals surface area (Å²) in [5.41, 5.74) is 10.0. The number of hydrogen-bond acceptors (Lipinski definition) is 6. The number of carbonyl (C=O) groups excluding carboxylic acids is 2. The zero-order valence-electron chi connectivity index (χ0n) is 15.8. The predicted octanol–water partition coefficient (Wildman–Crippen LogP) is 0.556. The van der Waals surface area contributed by atoms with Gasteiger partial charge in [-0.1, -0.05) is 12.1 Å². The monoisotopic (exact) mass is 418 g/mol. The van der Waals surface area contributed by atoms with Crippen LogP contribution in [-0.2, 0) is 11.0 Å². The first-order valence-corrected chi connectivity index (χ1v) is 8.62. The highest BCUT2D eigenvalue weighted by Gasteiger charge is 2.30. The van der Waals surface area contributed by atoms with Gasteiger partial charge in [0.15, 0.2) is 0 Å². The van der Waals surface area contributed by atoms with Gasteiger partial charge in [0.2, 0.25) is 0 Å². The second-order valence-electron chi connectivity index (χ2n) is 6.02. The summed E-state index contributed by atoms with van der Waals surface area (Å²) in [5, 5.41) is 13.2. The summed E-state index contributed by atoms with van der Waals surface area (Å²) in [6.07, 6.45) is -3.21. The molecule has 0 unspecified atom stereocenters. The highest BCUT2D eigenvalue weighted by atomic mass is 19.4. The van der Waals surface area contributed by atoms with E-state index in [0.29, 0.717) is 6.44 Å². The van der Waals surface area contributed by atoms with Gasteiger partial charge in [0, 0.05) is 17.3 Å². The molecule has 0 radical (unpaired) electrons. The third kappa shape index (κ3) is 5.37. The van der Waals surface area contributed by atoms with E-state index in [1.54, 1.807) is 7.85 Å². The van der Waals surface area contributed by atoms with E-state index in [-0.39, 0.29) is 34.1 Å². The number of amides is 2. The maximum absolute atomic E-state index is 12.8. The summed E-state index contributed by atoms with van der Waals surface area (Å²) in [5.74, 6) is -1.90. The minimum absolute atomic E-state index is 0.0487. The lowest BCUT2D eigenvalue weighted by Gasteiger charge is -2.12. The maximum atomic E-state index is 12.8. The van der Waals surface area contributed by atoms with E-state index in [1.165, 1.54) is 24.3 Å². The maximum Gasteiger partial charge on any atom is 0.416 e. The fourth-order valence-corrected chi connectivity index (χ4v) is 2.47. The van der Waals surface area contributed by atoms with Crippen LogP contribution in [0.15, 0.2) is 54.0 Å². The second kappa shape index (κ2) is 9.12. The van der Waals surface area contributed by atoms with E-state index in [9.17, 15) is 22.8 Å². The van der Waals surface area contributed by atoms with Crippen molar-refractivity contribution in [2.75, 3.05) is 11.8 Å². The molecule has 156 valence electrons. The normalized spacial score (nSPS) is 12.0. The zero-order valence-corrected chi connectivity index (χ0v) is 15.8. The van der Waals surface area contributed by atoms with Crippen molar-refractivity contribution < 1.29 is 22.8 Å². The summed E-state index contributed by atoms with van der Waals surface area (Å²) >= 11 is 0. The van der Waals surface area contributed by atoms with E-state index in [2.05, 4.69) is 15.6 Å². The number of primary amides is 1. The Labute approximate surface area is 170 Å². The highest BCUT2D eigenvalue weighted by molar-refractivity contribution is 6.27. The fourth-order valence-electron chi connectivity index (χ4n) is 2.47. The first-order valence-electron chi connectivity index (χ1n) is 8.62. The number of carbonyl (C=O) groups is 2. The molecular formula is C18H18BF3N6O2. The van der Waals surface area contributed by atoms with Crippen LogP contribution in [0.3, 0.4) is 0 Å². The van der Waals surface area contributed by atoms with Crippen molar-refractivity contribution in [3.8, 4) is 0 Å². The van der Waals surface area contributed by atoms with Gasteiger partial charge in [-0.15, -0.1) is 0 Å². The minimum Gasteiger partial charge on any atom is -0.385 e. The Hall–Kier alpha value is -3.83.